The van der Waals surface area contributed by atoms with Gasteiger partial charge in [0.05, 0.1) is 16.8 Å². The van der Waals surface area contributed by atoms with E-state index in [-0.39, 0.29) is 28.9 Å². The van der Waals surface area contributed by atoms with Gasteiger partial charge in [-0.15, -0.1) is 0 Å². The van der Waals surface area contributed by atoms with Gasteiger partial charge in [0, 0.05) is 24.1 Å². The van der Waals surface area contributed by atoms with Gasteiger partial charge in [-0.05, 0) is 18.6 Å². The van der Waals surface area contributed by atoms with Gasteiger partial charge in [0.25, 0.3) is 0 Å². The summed E-state index contributed by atoms with van der Waals surface area (Å²) >= 11 is 11.8. The predicted octanol–water partition coefficient (Wildman–Crippen LogP) is 1.50. The van der Waals surface area contributed by atoms with Crippen LogP contribution in [0.5, 0.6) is 0 Å². The maximum Gasteiger partial charge on any atom is 0.216 e. The quantitative estimate of drug-likeness (QED) is 0.620. The number of aliphatic hydroxyl groups excluding tert-OH is 2. The van der Waals surface area contributed by atoms with E-state index in [1.54, 1.807) is 0 Å². The minimum absolute atomic E-state index is 0.194. The molecule has 0 aliphatic carbocycles. The Labute approximate surface area is 121 Å². The molecule has 0 aliphatic rings. The van der Waals surface area contributed by atoms with Gasteiger partial charge in [0.2, 0.25) is 5.91 Å². The molecule has 2 atom stereocenters. The molecular weight excluding hydrogens is 291 g/mol. The molecule has 1 amide bonds. The van der Waals surface area contributed by atoms with Crippen LogP contribution in [-0.2, 0) is 4.79 Å². The summed E-state index contributed by atoms with van der Waals surface area (Å²) in [6.45, 7) is 1.63. The highest BCUT2D eigenvalue weighted by molar-refractivity contribution is 6.35. The Morgan fingerprint density at radius 3 is 2.58 bits per heavy atom. The first-order valence-corrected chi connectivity index (χ1v) is 6.43. The zero-order valence-electron chi connectivity index (χ0n) is 10.4. The number of anilines is 1. The number of hydrogen-bond donors (Lipinski definition) is 4. The Hall–Kier alpha value is -1.01. The number of nitrogens with two attached hydrogens (primary N) is 1. The SMILES string of the molecule is CC(=O)NCCC(O)C(O)c1cc(Cl)c(N)cc1Cl. The summed E-state index contributed by atoms with van der Waals surface area (Å²) in [5.74, 6) is -0.199. The topological polar surface area (TPSA) is 95.6 Å². The number of nitrogens with one attached hydrogen (secondary N) is 1. The molecule has 0 heterocycles. The Balaban J connectivity index is 2.73. The number of carbonyl (C=O) groups is 1. The fraction of sp³-hybridized carbons (Fsp3) is 0.417. The first kappa shape index (κ1) is 16.0. The van der Waals surface area contributed by atoms with Gasteiger partial charge in [-0.2, -0.15) is 0 Å². The molecule has 106 valence electrons. The lowest BCUT2D eigenvalue weighted by Crippen LogP contribution is -2.27. The molecule has 0 saturated heterocycles. The number of nitrogen functional groups attached to an aromatic ring is 1. The lowest BCUT2D eigenvalue weighted by Gasteiger charge is -2.20. The van der Waals surface area contributed by atoms with Gasteiger partial charge in [-0.1, -0.05) is 23.2 Å². The van der Waals surface area contributed by atoms with Crippen molar-refractivity contribution in [2.75, 3.05) is 12.3 Å². The smallest absolute Gasteiger partial charge is 0.216 e. The molecule has 1 aromatic rings. The van der Waals surface area contributed by atoms with Crippen molar-refractivity contribution < 1.29 is 15.0 Å². The van der Waals surface area contributed by atoms with E-state index in [1.807, 2.05) is 0 Å². The van der Waals surface area contributed by atoms with Crippen molar-refractivity contribution in [3.63, 3.8) is 0 Å². The number of rotatable bonds is 5. The zero-order chi connectivity index (χ0) is 14.6. The highest BCUT2D eigenvalue weighted by atomic mass is 35.5. The van der Waals surface area contributed by atoms with Crippen molar-refractivity contribution >= 4 is 34.8 Å². The van der Waals surface area contributed by atoms with Crippen LogP contribution in [0.15, 0.2) is 12.1 Å². The van der Waals surface area contributed by atoms with Crippen molar-refractivity contribution in [1.29, 1.82) is 0 Å². The molecule has 5 nitrogen and oxygen atoms in total. The van der Waals surface area contributed by atoms with Crippen molar-refractivity contribution in [2.45, 2.75) is 25.6 Å². The van der Waals surface area contributed by atoms with Crippen molar-refractivity contribution in [1.82, 2.24) is 5.32 Å². The minimum atomic E-state index is -1.20. The van der Waals surface area contributed by atoms with E-state index in [9.17, 15) is 15.0 Å². The first-order chi connectivity index (χ1) is 8.82. The Morgan fingerprint density at radius 2 is 2.00 bits per heavy atom. The van der Waals surface area contributed by atoms with Crippen LogP contribution in [0.25, 0.3) is 0 Å². The van der Waals surface area contributed by atoms with Gasteiger partial charge in [-0.3, -0.25) is 4.79 Å². The molecule has 0 aliphatic heterocycles. The minimum Gasteiger partial charge on any atom is -0.397 e. The third-order valence-electron chi connectivity index (χ3n) is 2.61. The molecule has 5 N–H and O–H groups in total. The van der Waals surface area contributed by atoms with Crippen molar-refractivity contribution in [3.05, 3.63) is 27.7 Å². The highest BCUT2D eigenvalue weighted by Gasteiger charge is 2.21. The maximum absolute atomic E-state index is 10.7. The summed E-state index contributed by atoms with van der Waals surface area (Å²) in [5, 5.41) is 22.9. The molecule has 1 aromatic carbocycles. The summed E-state index contributed by atoms with van der Waals surface area (Å²) in [5.41, 5.74) is 6.17. The van der Waals surface area contributed by atoms with Crippen molar-refractivity contribution in [2.24, 2.45) is 0 Å². The van der Waals surface area contributed by atoms with Crippen LogP contribution < -0.4 is 11.1 Å². The average molecular weight is 307 g/mol. The van der Waals surface area contributed by atoms with Crippen LogP contribution in [0.1, 0.15) is 25.0 Å². The monoisotopic (exact) mass is 306 g/mol. The van der Waals surface area contributed by atoms with Crippen LogP contribution in [0.2, 0.25) is 10.0 Å². The molecular formula is C12H16Cl2N2O3. The fourth-order valence-corrected chi connectivity index (χ4v) is 2.02. The number of aliphatic hydroxyl groups is 2. The number of carbonyl (C=O) groups excluding carboxylic acids is 1. The van der Waals surface area contributed by atoms with Crippen LogP contribution in [-0.4, -0.2) is 28.8 Å². The molecule has 1 rings (SSSR count). The third kappa shape index (κ3) is 4.54. The summed E-state index contributed by atoms with van der Waals surface area (Å²) in [7, 11) is 0. The first-order valence-electron chi connectivity index (χ1n) is 5.68. The molecule has 0 radical (unpaired) electrons. The molecule has 0 bridgehead atoms. The fourth-order valence-electron chi connectivity index (χ4n) is 1.57. The van der Waals surface area contributed by atoms with Crippen LogP contribution >= 0.6 is 23.2 Å². The summed E-state index contributed by atoms with van der Waals surface area (Å²) in [6, 6.07) is 2.84. The van der Waals surface area contributed by atoms with Gasteiger partial charge in [0.1, 0.15) is 6.10 Å². The van der Waals surface area contributed by atoms with Gasteiger partial charge in [0.15, 0.2) is 0 Å². The van der Waals surface area contributed by atoms with Crippen LogP contribution in [0, 0.1) is 0 Å². The molecule has 2 unspecified atom stereocenters. The van der Waals surface area contributed by atoms with E-state index in [1.165, 1.54) is 19.1 Å². The van der Waals surface area contributed by atoms with E-state index in [0.29, 0.717) is 11.3 Å². The second-order valence-corrected chi connectivity index (χ2v) is 4.99. The van der Waals surface area contributed by atoms with Crippen LogP contribution in [0.3, 0.4) is 0 Å². The number of amides is 1. The highest BCUT2D eigenvalue weighted by Crippen LogP contribution is 2.32. The molecule has 0 saturated carbocycles. The van der Waals surface area contributed by atoms with E-state index < -0.39 is 12.2 Å². The average Bonchev–Trinajstić information content (AvgIpc) is 2.32. The molecule has 0 spiro atoms. The molecule has 19 heavy (non-hydrogen) atoms. The second kappa shape index (κ2) is 6.96. The number of halogens is 2. The molecule has 7 heteroatoms. The van der Waals surface area contributed by atoms with E-state index in [2.05, 4.69) is 5.32 Å². The normalized spacial score (nSPS) is 13.9. The summed E-state index contributed by atoms with van der Waals surface area (Å²) < 4.78 is 0. The Bertz CT molecular complexity index is 469. The third-order valence-corrected chi connectivity index (χ3v) is 3.27. The summed E-state index contributed by atoms with van der Waals surface area (Å²) in [4.78, 5) is 10.7. The van der Waals surface area contributed by atoms with E-state index in [0.717, 1.165) is 0 Å². The maximum atomic E-state index is 10.7. The summed E-state index contributed by atoms with van der Waals surface area (Å²) in [6.07, 6.45) is -2.07. The lowest BCUT2D eigenvalue weighted by atomic mass is 10.0. The van der Waals surface area contributed by atoms with E-state index >= 15 is 0 Å². The number of hydrogen-bond acceptors (Lipinski definition) is 4. The second-order valence-electron chi connectivity index (χ2n) is 4.18. The lowest BCUT2D eigenvalue weighted by molar-refractivity contribution is -0.119. The molecule has 0 aromatic heterocycles. The standard InChI is InChI=1S/C12H16Cl2N2O3/c1-6(17)16-3-2-11(18)12(19)7-4-9(14)10(15)5-8(7)13/h4-5,11-12,18-19H,2-3,15H2,1H3,(H,16,17). The van der Waals surface area contributed by atoms with Crippen molar-refractivity contribution in [3.8, 4) is 0 Å². The van der Waals surface area contributed by atoms with Gasteiger partial charge >= 0.3 is 0 Å². The van der Waals surface area contributed by atoms with Gasteiger partial charge in [-0.25, -0.2) is 0 Å². The number of benzene rings is 1. The predicted molar refractivity (Wildman–Crippen MR) is 75.1 cm³/mol. The zero-order valence-corrected chi connectivity index (χ0v) is 11.9. The van der Waals surface area contributed by atoms with E-state index in [4.69, 9.17) is 28.9 Å². The Kier molecular flexibility index (Phi) is 5.87. The largest absolute Gasteiger partial charge is 0.397 e. The van der Waals surface area contributed by atoms with Gasteiger partial charge < -0.3 is 21.3 Å². The molecule has 0 fully saturated rings. The Morgan fingerprint density at radius 1 is 1.37 bits per heavy atom. The van der Waals surface area contributed by atoms with Crippen LogP contribution in [0.4, 0.5) is 5.69 Å².